The topological polar surface area (TPSA) is 86.7 Å². The van der Waals surface area contributed by atoms with Crippen LogP contribution in [0.15, 0.2) is 10.4 Å². The Morgan fingerprint density at radius 3 is 2.57 bits per heavy atom. The summed E-state index contributed by atoms with van der Waals surface area (Å²) in [6.45, 7) is 3.01. The second-order valence-corrected chi connectivity index (χ2v) is 9.38. The third kappa shape index (κ3) is 6.05. The molecule has 0 atom stereocenters. The van der Waals surface area contributed by atoms with Crippen molar-refractivity contribution in [2.45, 2.75) is 38.1 Å². The zero-order valence-electron chi connectivity index (χ0n) is 15.9. The number of aromatic nitrogens is 1. The van der Waals surface area contributed by atoms with E-state index in [9.17, 15) is 21.6 Å². The van der Waals surface area contributed by atoms with Gasteiger partial charge in [0, 0.05) is 45.0 Å². The molecule has 0 bridgehead atoms. The Morgan fingerprint density at radius 2 is 2.04 bits per heavy atom. The monoisotopic (exact) mass is 441 g/mol. The van der Waals surface area contributed by atoms with Crippen LogP contribution in [0.2, 0.25) is 0 Å². The van der Waals surface area contributed by atoms with Crippen LogP contribution in [-0.2, 0) is 22.9 Å². The molecule has 0 amide bonds. The van der Waals surface area contributed by atoms with Crippen LogP contribution >= 0.6 is 11.3 Å². The molecule has 0 spiro atoms. The molecule has 1 aliphatic rings. The molecule has 2 rings (SSSR count). The van der Waals surface area contributed by atoms with Gasteiger partial charge in [0.2, 0.25) is 0 Å². The number of halogens is 3. The van der Waals surface area contributed by atoms with E-state index in [4.69, 9.17) is 0 Å². The molecular formula is C16H26F3N5O2S2. The van der Waals surface area contributed by atoms with Gasteiger partial charge in [0.1, 0.15) is 0 Å². The van der Waals surface area contributed by atoms with Crippen molar-refractivity contribution in [3.63, 3.8) is 0 Å². The fourth-order valence-electron chi connectivity index (χ4n) is 2.90. The van der Waals surface area contributed by atoms with Gasteiger partial charge in [-0.2, -0.15) is 17.5 Å². The third-order valence-corrected chi connectivity index (χ3v) is 7.23. The molecule has 1 aromatic rings. The summed E-state index contributed by atoms with van der Waals surface area (Å²) in [6.07, 6.45) is 2.44. The maximum absolute atomic E-state index is 12.6. The van der Waals surface area contributed by atoms with Gasteiger partial charge in [-0.3, -0.25) is 4.99 Å². The number of nitrogens with one attached hydrogen (secondary N) is 2. The quantitative estimate of drug-likeness (QED) is 0.499. The van der Waals surface area contributed by atoms with Crippen LogP contribution in [0.25, 0.3) is 0 Å². The fourth-order valence-corrected chi connectivity index (χ4v) is 4.66. The molecule has 1 fully saturated rings. The number of guanidine groups is 1. The summed E-state index contributed by atoms with van der Waals surface area (Å²) in [7, 11) is -3.58. The molecule has 7 nitrogen and oxygen atoms in total. The SMILES string of the molecule is CCc1nc(CCNC(=NC)NCC2CCN(S(=O)(=O)C(F)(F)F)CC2)cs1. The summed E-state index contributed by atoms with van der Waals surface area (Å²) in [6, 6.07) is 0. The first-order chi connectivity index (χ1) is 13.2. The van der Waals surface area contributed by atoms with Gasteiger partial charge in [-0.05, 0) is 25.2 Å². The maximum Gasteiger partial charge on any atom is 0.511 e. The van der Waals surface area contributed by atoms with Crippen molar-refractivity contribution in [1.29, 1.82) is 0 Å². The number of alkyl halides is 3. The van der Waals surface area contributed by atoms with Crippen molar-refractivity contribution in [1.82, 2.24) is 19.9 Å². The predicted octanol–water partition coefficient (Wildman–Crippen LogP) is 1.97. The predicted molar refractivity (Wildman–Crippen MR) is 104 cm³/mol. The molecule has 0 aliphatic carbocycles. The standard InChI is InChI=1S/C16H26F3N5O2S2/c1-3-14-23-13(11-27-14)4-7-21-15(20-2)22-10-12-5-8-24(9-6-12)28(25,26)16(17,18)19/h11-12H,3-10H2,1-2H3,(H2,20,21,22). The number of aryl methyl sites for hydroxylation is 1. The molecule has 0 saturated carbocycles. The molecule has 0 radical (unpaired) electrons. The fraction of sp³-hybridized carbons (Fsp3) is 0.750. The number of thiazole rings is 1. The van der Waals surface area contributed by atoms with Crippen molar-refractivity contribution in [2.75, 3.05) is 33.2 Å². The first-order valence-electron chi connectivity index (χ1n) is 9.11. The number of rotatable bonds is 7. The number of hydrogen-bond donors (Lipinski definition) is 2. The van der Waals surface area contributed by atoms with Gasteiger partial charge >= 0.3 is 15.5 Å². The average Bonchev–Trinajstić information content (AvgIpc) is 3.12. The van der Waals surface area contributed by atoms with Gasteiger partial charge in [-0.1, -0.05) is 6.92 Å². The van der Waals surface area contributed by atoms with Crippen LogP contribution in [0.5, 0.6) is 0 Å². The Kier molecular flexibility index (Phi) is 8.07. The summed E-state index contributed by atoms with van der Waals surface area (Å²) >= 11 is 1.64. The lowest BCUT2D eigenvalue weighted by molar-refractivity contribution is -0.0496. The van der Waals surface area contributed by atoms with Crippen molar-refractivity contribution >= 4 is 27.3 Å². The highest BCUT2D eigenvalue weighted by Gasteiger charge is 2.50. The van der Waals surface area contributed by atoms with E-state index in [0.29, 0.717) is 36.2 Å². The van der Waals surface area contributed by atoms with Crippen LogP contribution in [0, 0.1) is 5.92 Å². The Bertz CT molecular complexity index is 757. The Balaban J connectivity index is 1.71. The molecule has 160 valence electrons. The highest BCUT2D eigenvalue weighted by Crippen LogP contribution is 2.30. The zero-order chi connectivity index (χ0) is 20.8. The summed E-state index contributed by atoms with van der Waals surface area (Å²) in [4.78, 5) is 8.63. The van der Waals surface area contributed by atoms with E-state index in [-0.39, 0.29) is 19.0 Å². The Morgan fingerprint density at radius 1 is 1.36 bits per heavy atom. The van der Waals surface area contributed by atoms with Gasteiger partial charge in [-0.25, -0.2) is 13.4 Å². The second kappa shape index (κ2) is 9.88. The van der Waals surface area contributed by atoms with E-state index < -0.39 is 15.5 Å². The van der Waals surface area contributed by atoms with E-state index in [2.05, 4.69) is 27.5 Å². The van der Waals surface area contributed by atoms with Crippen LogP contribution in [0.4, 0.5) is 13.2 Å². The molecule has 2 heterocycles. The minimum absolute atomic E-state index is 0.0869. The largest absolute Gasteiger partial charge is 0.511 e. The third-order valence-electron chi connectivity index (χ3n) is 4.56. The zero-order valence-corrected chi connectivity index (χ0v) is 17.6. The Hall–Kier alpha value is -1.40. The van der Waals surface area contributed by atoms with E-state index in [0.717, 1.165) is 23.5 Å². The molecular weight excluding hydrogens is 415 g/mol. The van der Waals surface area contributed by atoms with Gasteiger partial charge in [-0.15, -0.1) is 11.3 Å². The molecule has 12 heteroatoms. The molecule has 28 heavy (non-hydrogen) atoms. The van der Waals surface area contributed by atoms with Crippen LogP contribution < -0.4 is 10.6 Å². The molecule has 2 N–H and O–H groups in total. The van der Waals surface area contributed by atoms with Gasteiger partial charge < -0.3 is 10.6 Å². The van der Waals surface area contributed by atoms with Gasteiger partial charge in [0.05, 0.1) is 10.7 Å². The van der Waals surface area contributed by atoms with E-state index in [1.807, 2.05) is 5.38 Å². The lowest BCUT2D eigenvalue weighted by Crippen LogP contribution is -2.47. The summed E-state index contributed by atoms with van der Waals surface area (Å²) in [5.41, 5.74) is -4.21. The minimum atomic E-state index is -5.24. The van der Waals surface area contributed by atoms with E-state index in [1.54, 1.807) is 18.4 Å². The second-order valence-electron chi connectivity index (χ2n) is 6.51. The molecule has 0 aromatic carbocycles. The normalized spacial score (nSPS) is 17.7. The lowest BCUT2D eigenvalue weighted by atomic mass is 9.98. The van der Waals surface area contributed by atoms with Crippen molar-refractivity contribution in [3.05, 3.63) is 16.1 Å². The number of piperidine rings is 1. The molecule has 1 aromatic heterocycles. The number of sulfonamides is 1. The first kappa shape index (κ1) is 22.9. The first-order valence-corrected chi connectivity index (χ1v) is 11.4. The highest BCUT2D eigenvalue weighted by molar-refractivity contribution is 7.90. The number of hydrogen-bond acceptors (Lipinski definition) is 5. The summed E-state index contributed by atoms with van der Waals surface area (Å²) < 4.78 is 61.2. The summed E-state index contributed by atoms with van der Waals surface area (Å²) in [5.74, 6) is 0.695. The van der Waals surface area contributed by atoms with Crippen LogP contribution in [0.1, 0.15) is 30.5 Å². The van der Waals surface area contributed by atoms with Gasteiger partial charge in [0.15, 0.2) is 5.96 Å². The molecule has 1 saturated heterocycles. The number of aliphatic imine (C=N–C) groups is 1. The van der Waals surface area contributed by atoms with Crippen LogP contribution in [-0.4, -0.2) is 62.4 Å². The van der Waals surface area contributed by atoms with E-state index in [1.165, 1.54) is 0 Å². The van der Waals surface area contributed by atoms with Crippen molar-refractivity contribution < 1.29 is 21.6 Å². The maximum atomic E-state index is 12.6. The lowest BCUT2D eigenvalue weighted by Gasteiger charge is -2.31. The van der Waals surface area contributed by atoms with E-state index >= 15 is 0 Å². The average molecular weight is 442 g/mol. The van der Waals surface area contributed by atoms with Crippen molar-refractivity contribution in [2.24, 2.45) is 10.9 Å². The van der Waals surface area contributed by atoms with Gasteiger partial charge in [0.25, 0.3) is 0 Å². The molecule has 1 aliphatic heterocycles. The summed E-state index contributed by atoms with van der Waals surface area (Å²) in [5, 5.41) is 9.49. The number of nitrogens with zero attached hydrogens (tertiary/aromatic N) is 3. The van der Waals surface area contributed by atoms with Crippen LogP contribution in [0.3, 0.4) is 0 Å². The molecule has 0 unspecified atom stereocenters. The highest BCUT2D eigenvalue weighted by atomic mass is 32.2. The minimum Gasteiger partial charge on any atom is -0.356 e. The van der Waals surface area contributed by atoms with Crippen molar-refractivity contribution in [3.8, 4) is 0 Å². The smallest absolute Gasteiger partial charge is 0.356 e. The Labute approximate surface area is 167 Å².